The highest BCUT2D eigenvalue weighted by molar-refractivity contribution is 5.87. The van der Waals surface area contributed by atoms with E-state index in [0.717, 1.165) is 24.3 Å². The molecule has 0 spiro atoms. The summed E-state index contributed by atoms with van der Waals surface area (Å²) in [4.78, 5) is 33.9. The predicted molar refractivity (Wildman–Crippen MR) is 119 cm³/mol. The Balaban J connectivity index is 1.34. The van der Waals surface area contributed by atoms with E-state index in [0.29, 0.717) is 39.0 Å². The molecule has 2 fully saturated rings. The summed E-state index contributed by atoms with van der Waals surface area (Å²) < 4.78 is 6.00. The molecule has 1 aliphatic carbocycles. The van der Waals surface area contributed by atoms with Gasteiger partial charge in [-0.2, -0.15) is 0 Å². The van der Waals surface area contributed by atoms with Crippen molar-refractivity contribution < 1.29 is 19.5 Å². The fourth-order valence-corrected chi connectivity index (χ4v) is 4.71. The van der Waals surface area contributed by atoms with Crippen molar-refractivity contribution in [2.45, 2.75) is 32.0 Å². The topological polar surface area (TPSA) is 95.0 Å². The van der Waals surface area contributed by atoms with Crippen LogP contribution in [0.5, 0.6) is 0 Å². The molecule has 1 aliphatic heterocycles. The summed E-state index contributed by atoms with van der Waals surface area (Å²) in [5.74, 6) is -1.56. The number of aromatic nitrogens is 1. The number of carbonyl (C=O) groups excluding carboxylic acids is 2. The number of hydroxylamine groups is 1. The van der Waals surface area contributed by atoms with Gasteiger partial charge in [-0.25, -0.2) is 5.48 Å². The van der Waals surface area contributed by atoms with E-state index >= 15 is 0 Å². The highest BCUT2D eigenvalue weighted by Gasteiger charge is 2.41. The third-order valence-corrected chi connectivity index (χ3v) is 6.49. The van der Waals surface area contributed by atoms with Crippen LogP contribution in [0.4, 0.5) is 5.69 Å². The van der Waals surface area contributed by atoms with Gasteiger partial charge in [0.2, 0.25) is 11.8 Å². The molecule has 1 saturated carbocycles. The van der Waals surface area contributed by atoms with E-state index in [2.05, 4.69) is 22.0 Å². The van der Waals surface area contributed by atoms with Gasteiger partial charge in [-0.3, -0.25) is 19.8 Å². The number of para-hydroxylation sites is 1. The van der Waals surface area contributed by atoms with Crippen LogP contribution in [0.25, 0.3) is 0 Å². The molecule has 32 heavy (non-hydrogen) atoms. The largest absolute Gasteiger partial charge is 0.373 e. The Hall–Kier alpha value is -2.97. The van der Waals surface area contributed by atoms with Gasteiger partial charge in [-0.1, -0.05) is 24.3 Å². The molecule has 8 heteroatoms. The number of anilines is 1. The molecule has 1 saturated heterocycles. The van der Waals surface area contributed by atoms with Crippen LogP contribution in [0.1, 0.15) is 24.8 Å². The number of nitrogens with one attached hydrogen (secondary N) is 1. The number of ether oxygens (including phenoxy) is 1. The smallest absolute Gasteiger partial charge is 0.247 e. The number of hydrogen-bond acceptors (Lipinski definition) is 6. The lowest BCUT2D eigenvalue weighted by atomic mass is 9.76. The zero-order valence-corrected chi connectivity index (χ0v) is 18.1. The van der Waals surface area contributed by atoms with E-state index in [1.54, 1.807) is 17.9 Å². The number of nitrogens with zero attached hydrogens (tertiary/aromatic N) is 3. The second-order valence-electron chi connectivity index (χ2n) is 8.44. The van der Waals surface area contributed by atoms with E-state index in [4.69, 9.17) is 4.74 Å². The molecule has 2 N–H and O–H groups in total. The maximum atomic E-state index is 13.3. The van der Waals surface area contributed by atoms with Gasteiger partial charge < -0.3 is 14.5 Å². The Morgan fingerprint density at radius 1 is 1.03 bits per heavy atom. The maximum Gasteiger partial charge on any atom is 0.247 e. The molecule has 4 rings (SSSR count). The molecule has 1 aromatic heterocycles. The first kappa shape index (κ1) is 22.2. The molecule has 2 aliphatic rings. The Labute approximate surface area is 188 Å². The van der Waals surface area contributed by atoms with Crippen molar-refractivity contribution in [1.29, 1.82) is 0 Å². The highest BCUT2D eigenvalue weighted by atomic mass is 16.5. The molecule has 3 atom stereocenters. The van der Waals surface area contributed by atoms with Crippen molar-refractivity contribution in [1.82, 2.24) is 15.4 Å². The van der Waals surface area contributed by atoms with E-state index in [-0.39, 0.29) is 12.0 Å². The fraction of sp³-hybridized carbons (Fsp3) is 0.458. The minimum atomic E-state index is -0.604. The standard InChI is InChI=1S/C24H30N4O4/c29-23(26-31)22-15-20(32-17-18-5-4-10-25-16-18)8-9-21(22)24(30)28-13-11-27(12-14-28)19-6-2-1-3-7-19/h1-7,10,16,20-22,31H,8-9,11-15,17H2,(H,26,29). The van der Waals surface area contributed by atoms with Crippen LogP contribution in [-0.4, -0.2) is 59.2 Å². The van der Waals surface area contributed by atoms with E-state index in [1.807, 2.05) is 35.2 Å². The molecule has 2 heterocycles. The molecule has 1 aromatic carbocycles. The van der Waals surface area contributed by atoms with Crippen LogP contribution in [0, 0.1) is 11.8 Å². The van der Waals surface area contributed by atoms with Crippen LogP contribution in [0.2, 0.25) is 0 Å². The summed E-state index contributed by atoms with van der Waals surface area (Å²) in [7, 11) is 0. The number of pyridine rings is 1. The molecule has 170 valence electrons. The quantitative estimate of drug-likeness (QED) is 0.531. The van der Waals surface area contributed by atoms with E-state index < -0.39 is 17.7 Å². The first-order valence-electron chi connectivity index (χ1n) is 11.2. The van der Waals surface area contributed by atoms with Crippen LogP contribution in [0.3, 0.4) is 0 Å². The number of benzene rings is 1. The van der Waals surface area contributed by atoms with Crippen LogP contribution >= 0.6 is 0 Å². The Morgan fingerprint density at radius 2 is 1.81 bits per heavy atom. The molecular weight excluding hydrogens is 408 g/mol. The summed E-state index contributed by atoms with van der Waals surface area (Å²) in [5, 5.41) is 9.27. The number of amides is 2. The van der Waals surface area contributed by atoms with Crippen LogP contribution < -0.4 is 10.4 Å². The summed E-state index contributed by atoms with van der Waals surface area (Å²) in [5.41, 5.74) is 3.88. The third kappa shape index (κ3) is 5.26. The van der Waals surface area contributed by atoms with Gasteiger partial charge in [0.15, 0.2) is 0 Å². The van der Waals surface area contributed by atoms with Crippen LogP contribution in [-0.2, 0) is 20.9 Å². The van der Waals surface area contributed by atoms with Gasteiger partial charge >= 0.3 is 0 Å². The zero-order chi connectivity index (χ0) is 22.3. The number of carbonyl (C=O) groups is 2. The second-order valence-corrected chi connectivity index (χ2v) is 8.44. The normalized spacial score (nSPS) is 23.6. The summed E-state index contributed by atoms with van der Waals surface area (Å²) >= 11 is 0. The fourth-order valence-electron chi connectivity index (χ4n) is 4.71. The van der Waals surface area contributed by atoms with Gasteiger partial charge in [-0.15, -0.1) is 0 Å². The lowest BCUT2D eigenvalue weighted by Gasteiger charge is -2.40. The van der Waals surface area contributed by atoms with Crippen molar-refractivity contribution in [2.24, 2.45) is 11.8 Å². The summed E-state index contributed by atoms with van der Waals surface area (Å²) in [6, 6.07) is 14.0. The molecule has 0 radical (unpaired) electrons. The SMILES string of the molecule is O=C(NO)C1CC(OCc2cccnc2)CCC1C(=O)N1CCN(c2ccccc2)CC1. The molecule has 3 unspecified atom stereocenters. The minimum Gasteiger partial charge on any atom is -0.373 e. The lowest BCUT2D eigenvalue weighted by Crippen LogP contribution is -2.53. The number of hydrogen-bond donors (Lipinski definition) is 2. The Bertz CT molecular complexity index is 887. The molecule has 2 amide bonds. The monoisotopic (exact) mass is 438 g/mol. The van der Waals surface area contributed by atoms with Gasteiger partial charge in [0.05, 0.1) is 18.6 Å². The third-order valence-electron chi connectivity index (χ3n) is 6.49. The minimum absolute atomic E-state index is 0.00276. The highest BCUT2D eigenvalue weighted by Crippen LogP contribution is 2.34. The first-order chi connectivity index (χ1) is 15.7. The van der Waals surface area contributed by atoms with Gasteiger partial charge in [0.25, 0.3) is 0 Å². The van der Waals surface area contributed by atoms with Gasteiger partial charge in [0, 0.05) is 50.2 Å². The summed E-state index contributed by atoms with van der Waals surface area (Å²) in [6.07, 6.45) is 5.00. The predicted octanol–water partition coefficient (Wildman–Crippen LogP) is 2.24. The van der Waals surface area contributed by atoms with Crippen LogP contribution in [0.15, 0.2) is 54.9 Å². The van der Waals surface area contributed by atoms with Crippen molar-refractivity contribution in [3.05, 3.63) is 60.4 Å². The molecule has 0 bridgehead atoms. The summed E-state index contributed by atoms with van der Waals surface area (Å²) in [6.45, 7) is 3.18. The van der Waals surface area contributed by atoms with Gasteiger partial charge in [0.1, 0.15) is 0 Å². The molecule has 2 aromatic rings. The molecular formula is C24H30N4O4. The van der Waals surface area contributed by atoms with E-state index in [9.17, 15) is 14.8 Å². The number of rotatable bonds is 6. The zero-order valence-electron chi connectivity index (χ0n) is 18.1. The van der Waals surface area contributed by atoms with E-state index in [1.165, 1.54) is 0 Å². The van der Waals surface area contributed by atoms with Gasteiger partial charge in [-0.05, 0) is 43.0 Å². The second kappa shape index (κ2) is 10.6. The van der Waals surface area contributed by atoms with Crippen molar-refractivity contribution in [3.63, 3.8) is 0 Å². The average Bonchev–Trinajstić information content (AvgIpc) is 2.87. The Morgan fingerprint density at radius 3 is 2.50 bits per heavy atom. The number of piperazine rings is 1. The maximum absolute atomic E-state index is 13.3. The first-order valence-corrected chi connectivity index (χ1v) is 11.2. The Kier molecular flexibility index (Phi) is 7.34. The molecule has 8 nitrogen and oxygen atoms in total. The lowest BCUT2D eigenvalue weighted by molar-refractivity contribution is -0.150. The average molecular weight is 439 g/mol. The van der Waals surface area contributed by atoms with Crippen molar-refractivity contribution >= 4 is 17.5 Å². The van der Waals surface area contributed by atoms with Crippen molar-refractivity contribution in [2.75, 3.05) is 31.1 Å². The van der Waals surface area contributed by atoms with Crippen molar-refractivity contribution in [3.8, 4) is 0 Å².